The van der Waals surface area contributed by atoms with E-state index in [1.165, 1.54) is 0 Å². The fourth-order valence-corrected chi connectivity index (χ4v) is 0.886. The smallest absolute Gasteiger partial charge is 0.306 e. The van der Waals surface area contributed by atoms with Crippen LogP contribution >= 0.6 is 0 Å². The topological polar surface area (TPSA) is 98.7 Å². The molecule has 6 heteroatoms. The Labute approximate surface area is 82.3 Å². The number of carbonyl (C=O) groups is 2. The van der Waals surface area contributed by atoms with Gasteiger partial charge >= 0.3 is 5.97 Å². The maximum Gasteiger partial charge on any atom is 0.306 e. The highest BCUT2D eigenvalue weighted by Crippen LogP contribution is 1.88. The van der Waals surface area contributed by atoms with Gasteiger partial charge in [-0.15, -0.1) is 0 Å². The van der Waals surface area contributed by atoms with Crippen molar-refractivity contribution in [1.29, 1.82) is 0 Å². The van der Waals surface area contributed by atoms with Crippen molar-refractivity contribution in [1.82, 2.24) is 10.6 Å². The summed E-state index contributed by atoms with van der Waals surface area (Å²) < 4.78 is 0. The third-order valence-corrected chi connectivity index (χ3v) is 1.45. The molecule has 0 aromatic heterocycles. The minimum Gasteiger partial charge on any atom is -0.481 e. The van der Waals surface area contributed by atoms with Crippen LogP contribution in [0.5, 0.6) is 0 Å². The summed E-state index contributed by atoms with van der Waals surface area (Å²) in [6.45, 7) is 2.54. The van der Waals surface area contributed by atoms with Crippen molar-refractivity contribution in [2.24, 2.45) is 0 Å². The van der Waals surface area contributed by atoms with Crippen LogP contribution < -0.4 is 10.6 Å². The van der Waals surface area contributed by atoms with Crippen molar-refractivity contribution in [2.45, 2.75) is 19.4 Å². The van der Waals surface area contributed by atoms with E-state index >= 15 is 0 Å². The number of likely N-dealkylation sites (N-methyl/N-ethyl adjacent to an activating group) is 1. The fourth-order valence-electron chi connectivity index (χ4n) is 0.886. The first-order valence-electron chi connectivity index (χ1n) is 4.43. The highest BCUT2D eigenvalue weighted by atomic mass is 16.4. The van der Waals surface area contributed by atoms with Gasteiger partial charge in [-0.3, -0.25) is 9.59 Å². The molecule has 0 aliphatic rings. The third-order valence-electron chi connectivity index (χ3n) is 1.45. The number of amides is 1. The summed E-state index contributed by atoms with van der Waals surface area (Å²) >= 11 is 0. The molecule has 0 heterocycles. The lowest BCUT2D eigenvalue weighted by atomic mass is 10.2. The average Bonchev–Trinajstić information content (AvgIpc) is 2.02. The molecule has 0 spiro atoms. The second kappa shape index (κ2) is 7.28. The molecule has 0 fully saturated rings. The molecule has 0 aromatic rings. The fraction of sp³-hybridized carbons (Fsp3) is 0.750. The Morgan fingerprint density at radius 1 is 1.43 bits per heavy atom. The Hall–Kier alpha value is -1.14. The summed E-state index contributed by atoms with van der Waals surface area (Å²) in [6.07, 6.45) is -1.27. The van der Waals surface area contributed by atoms with Crippen molar-refractivity contribution in [3.63, 3.8) is 0 Å². The molecule has 4 N–H and O–H groups in total. The number of aliphatic hydroxyl groups excluding tert-OH is 1. The summed E-state index contributed by atoms with van der Waals surface area (Å²) in [4.78, 5) is 21.0. The molecule has 0 aromatic carbocycles. The molecule has 6 nitrogen and oxygen atoms in total. The molecule has 0 radical (unpaired) electrons. The largest absolute Gasteiger partial charge is 0.481 e. The Balaban J connectivity index is 3.43. The quantitative estimate of drug-likeness (QED) is 0.406. The van der Waals surface area contributed by atoms with Crippen LogP contribution in [-0.4, -0.2) is 47.8 Å². The van der Waals surface area contributed by atoms with Gasteiger partial charge in [-0.2, -0.15) is 0 Å². The highest BCUT2D eigenvalue weighted by Gasteiger charge is 2.09. The van der Waals surface area contributed by atoms with Crippen LogP contribution in [-0.2, 0) is 9.59 Å². The van der Waals surface area contributed by atoms with E-state index in [1.807, 2.05) is 0 Å². The number of aliphatic carboxylic acids is 1. The molecule has 0 aliphatic heterocycles. The van der Waals surface area contributed by atoms with Crippen molar-refractivity contribution < 1.29 is 19.8 Å². The third kappa shape index (κ3) is 7.51. The van der Waals surface area contributed by atoms with E-state index in [-0.39, 0.29) is 25.4 Å². The normalized spacial score (nSPS) is 12.1. The molecule has 0 saturated heterocycles. The van der Waals surface area contributed by atoms with Crippen molar-refractivity contribution in [3.05, 3.63) is 0 Å². The molecule has 1 atom stereocenters. The van der Waals surface area contributed by atoms with Gasteiger partial charge in [0.2, 0.25) is 5.91 Å². The minimum absolute atomic E-state index is 0.0878. The van der Waals surface area contributed by atoms with Gasteiger partial charge < -0.3 is 20.8 Å². The minimum atomic E-state index is -1.06. The maximum absolute atomic E-state index is 10.9. The molecule has 82 valence electrons. The van der Waals surface area contributed by atoms with Gasteiger partial charge in [0, 0.05) is 13.1 Å². The van der Waals surface area contributed by atoms with E-state index < -0.39 is 12.1 Å². The number of hydrogen-bond acceptors (Lipinski definition) is 4. The number of hydrogen-bond donors (Lipinski definition) is 4. The average molecular weight is 204 g/mol. The molecule has 0 aliphatic carbocycles. The summed E-state index contributed by atoms with van der Waals surface area (Å²) in [5.41, 5.74) is 0. The Bertz CT molecular complexity index is 196. The Morgan fingerprint density at radius 2 is 2.07 bits per heavy atom. The summed E-state index contributed by atoms with van der Waals surface area (Å²) in [5, 5.41) is 22.6. The molecule has 0 bridgehead atoms. The van der Waals surface area contributed by atoms with Crippen LogP contribution in [0.15, 0.2) is 0 Å². The number of rotatable bonds is 7. The zero-order valence-electron chi connectivity index (χ0n) is 8.12. The number of nitrogens with one attached hydrogen (secondary N) is 2. The number of carboxylic acids is 1. The van der Waals surface area contributed by atoms with Crippen LogP contribution in [0.25, 0.3) is 0 Å². The first-order valence-corrected chi connectivity index (χ1v) is 4.43. The molecule has 1 amide bonds. The van der Waals surface area contributed by atoms with E-state index in [1.54, 1.807) is 6.92 Å². The van der Waals surface area contributed by atoms with Gasteiger partial charge in [-0.1, -0.05) is 0 Å². The van der Waals surface area contributed by atoms with E-state index in [4.69, 9.17) is 10.2 Å². The van der Waals surface area contributed by atoms with E-state index in [2.05, 4.69) is 10.6 Å². The van der Waals surface area contributed by atoms with Crippen molar-refractivity contribution in [3.8, 4) is 0 Å². The highest BCUT2D eigenvalue weighted by molar-refractivity contribution is 5.77. The lowest BCUT2D eigenvalue weighted by Gasteiger charge is -2.08. The second-order valence-corrected chi connectivity index (χ2v) is 2.84. The lowest BCUT2D eigenvalue weighted by molar-refractivity contribution is -0.139. The Kier molecular flexibility index (Phi) is 6.69. The summed E-state index contributed by atoms with van der Waals surface area (Å²) in [7, 11) is 0. The van der Waals surface area contributed by atoms with Crippen LogP contribution in [0.2, 0.25) is 0 Å². The predicted octanol–water partition coefficient (Wildman–Crippen LogP) is -1.45. The zero-order valence-corrected chi connectivity index (χ0v) is 8.12. The van der Waals surface area contributed by atoms with Gasteiger partial charge in [0.25, 0.3) is 0 Å². The van der Waals surface area contributed by atoms with Gasteiger partial charge in [-0.25, -0.2) is 0 Å². The predicted molar refractivity (Wildman–Crippen MR) is 49.8 cm³/mol. The maximum atomic E-state index is 10.9. The van der Waals surface area contributed by atoms with Crippen LogP contribution in [0.4, 0.5) is 0 Å². The molecule has 0 rings (SSSR count). The van der Waals surface area contributed by atoms with Gasteiger partial charge in [0.1, 0.15) is 0 Å². The van der Waals surface area contributed by atoms with Gasteiger partial charge in [-0.05, 0) is 6.92 Å². The summed E-state index contributed by atoms with van der Waals surface area (Å²) in [6, 6.07) is 0. The zero-order chi connectivity index (χ0) is 11.0. The second-order valence-electron chi connectivity index (χ2n) is 2.84. The van der Waals surface area contributed by atoms with Crippen molar-refractivity contribution >= 4 is 11.9 Å². The Morgan fingerprint density at radius 3 is 2.57 bits per heavy atom. The van der Waals surface area contributed by atoms with Crippen molar-refractivity contribution in [2.75, 3.05) is 19.6 Å². The molecule has 0 saturated carbocycles. The number of carbonyl (C=O) groups excluding carboxylic acids is 1. The van der Waals surface area contributed by atoms with E-state index in [0.29, 0.717) is 6.54 Å². The van der Waals surface area contributed by atoms with Gasteiger partial charge in [0.15, 0.2) is 0 Å². The molecular weight excluding hydrogens is 188 g/mol. The standard InChI is InChI=1S/C8H16N2O4/c1-2-10-7(12)5-9-4-6(11)3-8(13)14/h6,9,11H,2-5H2,1H3,(H,10,12)(H,13,14). The van der Waals surface area contributed by atoms with Gasteiger partial charge in [0.05, 0.1) is 19.1 Å². The first kappa shape index (κ1) is 12.9. The molecular formula is C8H16N2O4. The first-order chi connectivity index (χ1) is 6.56. The van der Waals surface area contributed by atoms with Crippen LogP contribution in [0.1, 0.15) is 13.3 Å². The number of carboxylic acid groups (broad SMARTS) is 1. The molecule has 1 unspecified atom stereocenters. The SMILES string of the molecule is CCNC(=O)CNCC(O)CC(=O)O. The monoisotopic (exact) mass is 204 g/mol. The van der Waals surface area contributed by atoms with Crippen LogP contribution in [0, 0.1) is 0 Å². The van der Waals surface area contributed by atoms with E-state index in [0.717, 1.165) is 0 Å². The lowest BCUT2D eigenvalue weighted by Crippen LogP contribution is -2.37. The van der Waals surface area contributed by atoms with Crippen LogP contribution in [0.3, 0.4) is 0 Å². The summed E-state index contributed by atoms with van der Waals surface area (Å²) in [5.74, 6) is -1.23. The number of aliphatic hydroxyl groups is 1. The molecule has 14 heavy (non-hydrogen) atoms. The van der Waals surface area contributed by atoms with E-state index in [9.17, 15) is 9.59 Å².